The molecule has 0 bridgehead atoms. The van der Waals surface area contributed by atoms with Crippen molar-refractivity contribution in [2.75, 3.05) is 32.7 Å². The highest BCUT2D eigenvalue weighted by Gasteiger charge is 2.32. The van der Waals surface area contributed by atoms with Crippen LogP contribution in [0.15, 0.2) is 60.8 Å². The molecule has 1 atom stereocenters. The normalized spacial score (nSPS) is 18.9. The second kappa shape index (κ2) is 10.8. The molecule has 3 aromatic rings. The number of aromatic nitrogens is 1. The number of benzene rings is 2. The van der Waals surface area contributed by atoms with E-state index in [1.54, 1.807) is 0 Å². The number of nitrogens with zero attached hydrogens (tertiary/aromatic N) is 3. The second-order valence-corrected chi connectivity index (χ2v) is 10.2. The predicted octanol–water partition coefficient (Wildman–Crippen LogP) is 5.91. The molecule has 1 aliphatic heterocycles. The fourth-order valence-electron chi connectivity index (χ4n) is 6.18. The maximum Gasteiger partial charge on any atom is 0.223 e. The van der Waals surface area contributed by atoms with Gasteiger partial charge < -0.3 is 14.4 Å². The van der Waals surface area contributed by atoms with Gasteiger partial charge in [-0.15, -0.1) is 0 Å². The zero-order valence-corrected chi connectivity index (χ0v) is 20.7. The number of likely N-dealkylation sites (N-methyl/N-ethyl adjacent to an activating group) is 1. The van der Waals surface area contributed by atoms with Crippen molar-refractivity contribution in [1.82, 2.24) is 14.4 Å². The minimum atomic E-state index is 0.305. The van der Waals surface area contributed by atoms with Crippen molar-refractivity contribution in [1.29, 1.82) is 0 Å². The number of hydrogen-bond donors (Lipinski definition) is 0. The van der Waals surface area contributed by atoms with Gasteiger partial charge in [-0.3, -0.25) is 4.79 Å². The standard InChI is InChI=1S/C30H39N3O/c1-2-31-17-19-32(20-18-31)30(34)21-27(25-13-7-4-8-14-25)28-23-33(22-24-11-5-3-6-12-24)29-16-10-9-15-26(28)29/h3,5-6,9-12,15-16,23,25,27H,2,4,7-8,13-14,17-22H2,1H3/t27-/m0/s1. The minimum absolute atomic E-state index is 0.305. The number of amides is 1. The van der Waals surface area contributed by atoms with Gasteiger partial charge in [0.05, 0.1) is 0 Å². The summed E-state index contributed by atoms with van der Waals surface area (Å²) in [5.41, 5.74) is 3.99. The molecule has 0 radical (unpaired) electrons. The molecule has 0 unspecified atom stereocenters. The van der Waals surface area contributed by atoms with E-state index in [-0.39, 0.29) is 0 Å². The van der Waals surface area contributed by atoms with Crippen LogP contribution in [0.3, 0.4) is 0 Å². The Balaban J connectivity index is 1.45. The monoisotopic (exact) mass is 457 g/mol. The van der Waals surface area contributed by atoms with Crippen molar-refractivity contribution in [3.63, 3.8) is 0 Å². The quantitative estimate of drug-likeness (QED) is 0.441. The van der Waals surface area contributed by atoms with Crippen molar-refractivity contribution < 1.29 is 4.79 Å². The van der Waals surface area contributed by atoms with Gasteiger partial charge in [-0.25, -0.2) is 0 Å². The van der Waals surface area contributed by atoms with Gasteiger partial charge in [0, 0.05) is 56.2 Å². The zero-order valence-electron chi connectivity index (χ0n) is 20.7. The summed E-state index contributed by atoms with van der Waals surface area (Å²) in [6, 6.07) is 19.5. The molecular formula is C30H39N3O. The number of piperazine rings is 1. The summed E-state index contributed by atoms with van der Waals surface area (Å²) in [5, 5.41) is 1.33. The zero-order chi connectivity index (χ0) is 23.3. The Kier molecular flexibility index (Phi) is 7.34. The topological polar surface area (TPSA) is 28.5 Å². The first-order valence-electron chi connectivity index (χ1n) is 13.3. The number of para-hydroxylation sites is 1. The second-order valence-electron chi connectivity index (χ2n) is 10.2. The fourth-order valence-corrected chi connectivity index (χ4v) is 6.18. The van der Waals surface area contributed by atoms with E-state index in [0.717, 1.165) is 39.3 Å². The van der Waals surface area contributed by atoms with Gasteiger partial charge in [-0.2, -0.15) is 0 Å². The summed E-state index contributed by atoms with van der Waals surface area (Å²) in [6.45, 7) is 7.92. The Morgan fingerprint density at radius 1 is 0.912 bits per heavy atom. The molecule has 1 aliphatic carbocycles. The SMILES string of the molecule is CCN1CCN(C(=O)C[C@H](c2cn(Cc3ccccc3)c3ccccc23)C2CCCCC2)CC1. The van der Waals surface area contributed by atoms with Crippen LogP contribution in [0.25, 0.3) is 10.9 Å². The number of fused-ring (bicyclic) bond motifs is 1. The maximum atomic E-state index is 13.6. The molecule has 4 nitrogen and oxygen atoms in total. The average Bonchev–Trinajstić information content (AvgIpc) is 3.26. The van der Waals surface area contributed by atoms with Crippen LogP contribution in [0.2, 0.25) is 0 Å². The molecule has 0 spiro atoms. The van der Waals surface area contributed by atoms with E-state index in [2.05, 4.69) is 82.1 Å². The largest absolute Gasteiger partial charge is 0.343 e. The Morgan fingerprint density at radius 2 is 1.62 bits per heavy atom. The molecule has 2 aliphatic rings. The van der Waals surface area contributed by atoms with Crippen LogP contribution in [0.5, 0.6) is 0 Å². The van der Waals surface area contributed by atoms with Gasteiger partial charge in [0.25, 0.3) is 0 Å². The smallest absolute Gasteiger partial charge is 0.223 e. The molecule has 1 saturated heterocycles. The average molecular weight is 458 g/mol. The molecule has 1 amide bonds. The molecule has 0 N–H and O–H groups in total. The highest BCUT2D eigenvalue weighted by molar-refractivity contribution is 5.86. The Hall–Kier alpha value is -2.59. The lowest BCUT2D eigenvalue weighted by Crippen LogP contribution is -2.48. The molecule has 4 heteroatoms. The van der Waals surface area contributed by atoms with Crippen LogP contribution in [0.4, 0.5) is 0 Å². The van der Waals surface area contributed by atoms with Gasteiger partial charge in [0.15, 0.2) is 0 Å². The first kappa shape index (κ1) is 23.2. The predicted molar refractivity (Wildman–Crippen MR) is 140 cm³/mol. The third-order valence-electron chi connectivity index (χ3n) is 8.20. The number of carbonyl (C=O) groups is 1. The van der Waals surface area contributed by atoms with Gasteiger partial charge in [0.1, 0.15) is 0 Å². The van der Waals surface area contributed by atoms with Crippen molar-refractivity contribution >= 4 is 16.8 Å². The molecule has 180 valence electrons. The molecular weight excluding hydrogens is 418 g/mol. The highest BCUT2D eigenvalue weighted by atomic mass is 16.2. The Morgan fingerprint density at radius 3 is 2.35 bits per heavy atom. The van der Waals surface area contributed by atoms with Gasteiger partial charge in [-0.05, 0) is 48.4 Å². The van der Waals surface area contributed by atoms with E-state index in [1.165, 1.54) is 54.1 Å². The lowest BCUT2D eigenvalue weighted by atomic mass is 9.75. The fraction of sp³-hybridized carbons (Fsp3) is 0.500. The summed E-state index contributed by atoms with van der Waals surface area (Å²) < 4.78 is 2.40. The van der Waals surface area contributed by atoms with E-state index < -0.39 is 0 Å². The highest BCUT2D eigenvalue weighted by Crippen LogP contribution is 2.42. The summed E-state index contributed by atoms with van der Waals surface area (Å²) in [6.07, 6.45) is 9.46. The summed E-state index contributed by atoms with van der Waals surface area (Å²) in [5.74, 6) is 1.26. The van der Waals surface area contributed by atoms with Crippen LogP contribution in [-0.4, -0.2) is 53.0 Å². The van der Waals surface area contributed by atoms with Crippen LogP contribution in [0, 0.1) is 5.92 Å². The van der Waals surface area contributed by atoms with E-state index in [9.17, 15) is 4.79 Å². The van der Waals surface area contributed by atoms with Gasteiger partial charge in [0.2, 0.25) is 5.91 Å². The Labute approximate surface area is 204 Å². The van der Waals surface area contributed by atoms with E-state index in [0.29, 0.717) is 24.2 Å². The number of carbonyl (C=O) groups excluding carboxylic acids is 1. The molecule has 2 heterocycles. The molecule has 1 saturated carbocycles. The van der Waals surface area contributed by atoms with Crippen molar-refractivity contribution in [3.8, 4) is 0 Å². The van der Waals surface area contributed by atoms with E-state index in [4.69, 9.17) is 0 Å². The first-order chi connectivity index (χ1) is 16.7. The molecule has 34 heavy (non-hydrogen) atoms. The molecule has 1 aromatic heterocycles. The van der Waals surface area contributed by atoms with Crippen molar-refractivity contribution in [3.05, 3.63) is 71.9 Å². The maximum absolute atomic E-state index is 13.6. The summed E-state index contributed by atoms with van der Waals surface area (Å²) in [4.78, 5) is 18.1. The summed E-state index contributed by atoms with van der Waals surface area (Å²) >= 11 is 0. The van der Waals surface area contributed by atoms with Crippen LogP contribution in [-0.2, 0) is 11.3 Å². The van der Waals surface area contributed by atoms with Crippen LogP contribution >= 0.6 is 0 Å². The molecule has 2 aromatic carbocycles. The van der Waals surface area contributed by atoms with Crippen LogP contribution < -0.4 is 0 Å². The lowest BCUT2D eigenvalue weighted by Gasteiger charge is -2.36. The van der Waals surface area contributed by atoms with Crippen molar-refractivity contribution in [2.24, 2.45) is 5.92 Å². The van der Waals surface area contributed by atoms with Gasteiger partial charge >= 0.3 is 0 Å². The van der Waals surface area contributed by atoms with Gasteiger partial charge in [-0.1, -0.05) is 74.7 Å². The molecule has 2 fully saturated rings. The number of hydrogen-bond acceptors (Lipinski definition) is 2. The molecule has 5 rings (SSSR count). The van der Waals surface area contributed by atoms with E-state index in [1.807, 2.05) is 0 Å². The first-order valence-corrected chi connectivity index (χ1v) is 13.3. The number of rotatable bonds is 7. The third kappa shape index (κ3) is 5.07. The van der Waals surface area contributed by atoms with Crippen LogP contribution in [0.1, 0.15) is 62.5 Å². The third-order valence-corrected chi connectivity index (χ3v) is 8.20. The summed E-state index contributed by atoms with van der Waals surface area (Å²) in [7, 11) is 0. The lowest BCUT2D eigenvalue weighted by molar-refractivity contribution is -0.133. The van der Waals surface area contributed by atoms with Crippen molar-refractivity contribution in [2.45, 2.75) is 57.9 Å². The Bertz CT molecular complexity index is 1070. The minimum Gasteiger partial charge on any atom is -0.343 e. The van der Waals surface area contributed by atoms with E-state index >= 15 is 0 Å².